The van der Waals surface area contributed by atoms with Gasteiger partial charge in [-0.25, -0.2) is 0 Å². The molecule has 1 nitrogen and oxygen atoms in total. The molecule has 1 aromatic heterocycles. The van der Waals surface area contributed by atoms with Gasteiger partial charge in [0.15, 0.2) is 0 Å². The Bertz CT molecular complexity index is 294. The summed E-state index contributed by atoms with van der Waals surface area (Å²) in [7, 11) is 0. The van der Waals surface area contributed by atoms with E-state index < -0.39 is 0 Å². The van der Waals surface area contributed by atoms with Gasteiger partial charge in [0.2, 0.25) is 0 Å². The summed E-state index contributed by atoms with van der Waals surface area (Å²) >= 11 is 1.94. The molecule has 0 radical (unpaired) electrons. The maximum absolute atomic E-state index is 5.61. The standard InChI is InChI=1S/C12H21NS/c1-5-9-8-11(12(2,3)4)14-10(9)6-7-13/h8H,5-7,13H2,1-4H3. The monoisotopic (exact) mass is 211 g/mol. The summed E-state index contributed by atoms with van der Waals surface area (Å²) in [6, 6.07) is 2.36. The lowest BCUT2D eigenvalue weighted by atomic mass is 9.94. The predicted molar refractivity (Wildman–Crippen MR) is 65.2 cm³/mol. The number of aryl methyl sites for hydroxylation is 1. The van der Waals surface area contributed by atoms with Crippen molar-refractivity contribution in [2.24, 2.45) is 5.73 Å². The van der Waals surface area contributed by atoms with E-state index in [4.69, 9.17) is 5.73 Å². The van der Waals surface area contributed by atoms with Crippen LogP contribution in [-0.4, -0.2) is 6.54 Å². The number of thiophene rings is 1. The van der Waals surface area contributed by atoms with Crippen molar-refractivity contribution in [3.63, 3.8) is 0 Å². The van der Waals surface area contributed by atoms with Crippen LogP contribution in [-0.2, 0) is 18.3 Å². The molecule has 2 N–H and O–H groups in total. The van der Waals surface area contributed by atoms with Crippen molar-refractivity contribution >= 4 is 11.3 Å². The molecule has 2 heteroatoms. The zero-order chi connectivity index (χ0) is 10.8. The molecule has 0 amide bonds. The maximum atomic E-state index is 5.61. The molecular weight excluding hydrogens is 190 g/mol. The van der Waals surface area contributed by atoms with Crippen LogP contribution in [0.1, 0.15) is 43.0 Å². The lowest BCUT2D eigenvalue weighted by Gasteiger charge is -2.15. The van der Waals surface area contributed by atoms with Crippen LogP contribution < -0.4 is 5.73 Å². The highest BCUT2D eigenvalue weighted by Crippen LogP contribution is 2.32. The SMILES string of the molecule is CCc1cc(C(C)(C)C)sc1CCN. The predicted octanol–water partition coefficient (Wildman–Crippen LogP) is 3.11. The number of hydrogen-bond donors (Lipinski definition) is 1. The highest BCUT2D eigenvalue weighted by atomic mass is 32.1. The van der Waals surface area contributed by atoms with Gasteiger partial charge < -0.3 is 5.73 Å². The largest absolute Gasteiger partial charge is 0.330 e. The Balaban J connectivity index is 3.00. The highest BCUT2D eigenvalue weighted by Gasteiger charge is 2.18. The van der Waals surface area contributed by atoms with Gasteiger partial charge in [0.1, 0.15) is 0 Å². The van der Waals surface area contributed by atoms with Crippen molar-refractivity contribution in [1.82, 2.24) is 0 Å². The van der Waals surface area contributed by atoms with Crippen LogP contribution >= 0.6 is 11.3 Å². The lowest BCUT2D eigenvalue weighted by molar-refractivity contribution is 0.603. The van der Waals surface area contributed by atoms with Crippen LogP contribution in [0.5, 0.6) is 0 Å². The van der Waals surface area contributed by atoms with E-state index in [9.17, 15) is 0 Å². The van der Waals surface area contributed by atoms with E-state index >= 15 is 0 Å². The van der Waals surface area contributed by atoms with Crippen LogP contribution in [0, 0.1) is 0 Å². The molecule has 0 saturated carbocycles. The van der Waals surface area contributed by atoms with E-state index in [1.54, 1.807) is 0 Å². The van der Waals surface area contributed by atoms with Crippen LogP contribution in [0.25, 0.3) is 0 Å². The first-order valence-electron chi connectivity index (χ1n) is 5.31. The van der Waals surface area contributed by atoms with Crippen LogP contribution in [0.3, 0.4) is 0 Å². The molecule has 0 bridgehead atoms. The van der Waals surface area contributed by atoms with Gasteiger partial charge >= 0.3 is 0 Å². The second kappa shape index (κ2) is 4.45. The first-order valence-corrected chi connectivity index (χ1v) is 6.12. The van der Waals surface area contributed by atoms with Crippen molar-refractivity contribution < 1.29 is 0 Å². The third kappa shape index (κ3) is 2.58. The van der Waals surface area contributed by atoms with Crippen LogP contribution in [0.4, 0.5) is 0 Å². The summed E-state index contributed by atoms with van der Waals surface area (Å²) in [5, 5.41) is 0. The van der Waals surface area contributed by atoms with Gasteiger partial charge in [-0.3, -0.25) is 0 Å². The molecule has 1 rings (SSSR count). The van der Waals surface area contributed by atoms with Gasteiger partial charge in [-0.2, -0.15) is 0 Å². The second-order valence-electron chi connectivity index (χ2n) is 4.70. The van der Waals surface area contributed by atoms with E-state index in [2.05, 4.69) is 33.8 Å². The minimum atomic E-state index is 0.279. The summed E-state index contributed by atoms with van der Waals surface area (Å²) in [6.07, 6.45) is 2.16. The van der Waals surface area contributed by atoms with Gasteiger partial charge in [0, 0.05) is 9.75 Å². The molecule has 0 aliphatic heterocycles. The van der Waals surface area contributed by atoms with Gasteiger partial charge in [-0.1, -0.05) is 27.7 Å². The average Bonchev–Trinajstić information content (AvgIpc) is 2.47. The van der Waals surface area contributed by atoms with E-state index in [1.807, 2.05) is 11.3 Å². The Morgan fingerprint density at radius 1 is 1.36 bits per heavy atom. The molecule has 0 unspecified atom stereocenters. The van der Waals surface area contributed by atoms with Crippen LogP contribution in [0.15, 0.2) is 6.07 Å². The van der Waals surface area contributed by atoms with Crippen molar-refractivity contribution in [2.75, 3.05) is 6.54 Å². The highest BCUT2D eigenvalue weighted by molar-refractivity contribution is 7.12. The van der Waals surface area contributed by atoms with Gasteiger partial charge in [0.25, 0.3) is 0 Å². The molecule has 0 aliphatic rings. The topological polar surface area (TPSA) is 26.0 Å². The quantitative estimate of drug-likeness (QED) is 0.817. The lowest BCUT2D eigenvalue weighted by Crippen LogP contribution is -2.08. The van der Waals surface area contributed by atoms with Gasteiger partial charge in [-0.15, -0.1) is 11.3 Å². The van der Waals surface area contributed by atoms with E-state index in [-0.39, 0.29) is 5.41 Å². The normalized spacial score (nSPS) is 12.1. The molecule has 0 saturated heterocycles. The summed E-state index contributed by atoms with van der Waals surface area (Å²) in [4.78, 5) is 2.97. The van der Waals surface area contributed by atoms with Gasteiger partial charge in [-0.05, 0) is 36.4 Å². The molecule has 0 spiro atoms. The Kier molecular flexibility index (Phi) is 3.73. The Hall–Kier alpha value is -0.340. The zero-order valence-corrected chi connectivity index (χ0v) is 10.5. The Morgan fingerprint density at radius 3 is 2.43 bits per heavy atom. The first-order chi connectivity index (χ1) is 6.49. The molecule has 14 heavy (non-hydrogen) atoms. The smallest absolute Gasteiger partial charge is 0.0105 e. The summed E-state index contributed by atoms with van der Waals surface area (Å²) in [5.74, 6) is 0. The third-order valence-corrected chi connectivity index (χ3v) is 4.05. The van der Waals surface area contributed by atoms with Crippen molar-refractivity contribution in [3.8, 4) is 0 Å². The third-order valence-electron chi connectivity index (χ3n) is 2.39. The molecule has 0 aliphatic carbocycles. The van der Waals surface area contributed by atoms with Gasteiger partial charge in [0.05, 0.1) is 0 Å². The van der Waals surface area contributed by atoms with Crippen molar-refractivity contribution in [3.05, 3.63) is 21.4 Å². The van der Waals surface area contributed by atoms with E-state index in [1.165, 1.54) is 15.3 Å². The number of nitrogens with two attached hydrogens (primary N) is 1. The Labute approximate surface area is 91.3 Å². The fourth-order valence-corrected chi connectivity index (χ4v) is 2.81. The zero-order valence-electron chi connectivity index (χ0n) is 9.68. The van der Waals surface area contributed by atoms with Crippen molar-refractivity contribution in [2.45, 2.75) is 46.0 Å². The fraction of sp³-hybridized carbons (Fsp3) is 0.667. The maximum Gasteiger partial charge on any atom is 0.0105 e. The van der Waals surface area contributed by atoms with Crippen LogP contribution in [0.2, 0.25) is 0 Å². The first kappa shape index (κ1) is 11.7. The van der Waals surface area contributed by atoms with Crippen molar-refractivity contribution in [1.29, 1.82) is 0 Å². The molecule has 0 fully saturated rings. The molecule has 0 atom stereocenters. The fourth-order valence-electron chi connectivity index (χ4n) is 1.48. The average molecular weight is 211 g/mol. The molecule has 1 heterocycles. The van der Waals surface area contributed by atoms with E-state index in [0.717, 1.165) is 19.4 Å². The summed E-state index contributed by atoms with van der Waals surface area (Å²) in [5.41, 5.74) is 7.38. The summed E-state index contributed by atoms with van der Waals surface area (Å²) in [6.45, 7) is 9.78. The molecule has 0 aromatic carbocycles. The number of rotatable bonds is 3. The number of hydrogen-bond acceptors (Lipinski definition) is 2. The van der Waals surface area contributed by atoms with E-state index in [0.29, 0.717) is 0 Å². The summed E-state index contributed by atoms with van der Waals surface area (Å²) < 4.78 is 0. The second-order valence-corrected chi connectivity index (χ2v) is 5.84. The minimum Gasteiger partial charge on any atom is -0.330 e. The Morgan fingerprint density at radius 2 is 2.00 bits per heavy atom. The molecule has 80 valence electrons. The molecular formula is C12H21NS. The minimum absolute atomic E-state index is 0.279. The molecule has 1 aromatic rings.